The highest BCUT2D eigenvalue weighted by Gasteiger charge is 2.39. The van der Waals surface area contributed by atoms with Crippen LogP contribution in [0.2, 0.25) is 0 Å². The second-order valence-corrected chi connectivity index (χ2v) is 5.04. The van der Waals surface area contributed by atoms with E-state index in [-0.39, 0.29) is 24.5 Å². The molecule has 0 unspecified atom stereocenters. The number of nitrogens with zero attached hydrogens (tertiary/aromatic N) is 2. The summed E-state index contributed by atoms with van der Waals surface area (Å²) < 4.78 is 49.3. The monoisotopic (exact) mass is 360 g/mol. The summed E-state index contributed by atoms with van der Waals surface area (Å²) in [5, 5.41) is 0. The number of ether oxygens (including phenoxy) is 2. The number of esters is 2. The van der Waals surface area contributed by atoms with Crippen molar-refractivity contribution in [2.24, 2.45) is 0 Å². The second-order valence-electron chi connectivity index (χ2n) is 5.04. The number of pyridine rings is 1. The lowest BCUT2D eigenvalue weighted by Crippen LogP contribution is -2.21. The lowest BCUT2D eigenvalue weighted by molar-refractivity contribution is -0.141. The average molecular weight is 360 g/mol. The highest BCUT2D eigenvalue weighted by atomic mass is 19.4. The van der Waals surface area contributed by atoms with Crippen molar-refractivity contribution in [1.29, 1.82) is 0 Å². The molecule has 0 aliphatic carbocycles. The highest BCUT2D eigenvalue weighted by molar-refractivity contribution is 5.98. The third kappa shape index (κ3) is 5.47. The SMILES string of the molecule is CCOC(=O)c1cc(C(=O)OCC)c(C(F)(F)F)nc1/C=C/N(C)C. The van der Waals surface area contributed by atoms with Gasteiger partial charge in [0.15, 0.2) is 5.69 Å². The normalized spacial score (nSPS) is 11.5. The van der Waals surface area contributed by atoms with E-state index < -0.39 is 29.4 Å². The van der Waals surface area contributed by atoms with Crippen molar-refractivity contribution in [2.45, 2.75) is 20.0 Å². The molecule has 0 aromatic carbocycles. The molecule has 25 heavy (non-hydrogen) atoms. The van der Waals surface area contributed by atoms with E-state index >= 15 is 0 Å². The van der Waals surface area contributed by atoms with E-state index in [0.717, 1.165) is 6.07 Å². The summed E-state index contributed by atoms with van der Waals surface area (Å²) in [5.41, 5.74) is -2.76. The molecular weight excluding hydrogens is 341 g/mol. The van der Waals surface area contributed by atoms with Gasteiger partial charge >= 0.3 is 18.1 Å². The summed E-state index contributed by atoms with van der Waals surface area (Å²) in [4.78, 5) is 29.0. The second kappa shape index (κ2) is 8.50. The topological polar surface area (TPSA) is 68.7 Å². The van der Waals surface area contributed by atoms with Gasteiger partial charge in [0.2, 0.25) is 0 Å². The maximum absolute atomic E-state index is 13.3. The Balaban J connectivity index is 3.64. The predicted octanol–water partition coefficient (Wildman–Crippen LogP) is 2.99. The predicted molar refractivity (Wildman–Crippen MR) is 83.9 cm³/mol. The van der Waals surface area contributed by atoms with E-state index in [0.29, 0.717) is 0 Å². The van der Waals surface area contributed by atoms with Gasteiger partial charge < -0.3 is 14.4 Å². The number of carbonyl (C=O) groups excluding carboxylic acids is 2. The van der Waals surface area contributed by atoms with E-state index in [9.17, 15) is 22.8 Å². The Bertz CT molecular complexity index is 670. The van der Waals surface area contributed by atoms with Gasteiger partial charge in [-0.15, -0.1) is 0 Å². The minimum Gasteiger partial charge on any atom is -0.462 e. The summed E-state index contributed by atoms with van der Waals surface area (Å²) in [5.74, 6) is -2.09. The average Bonchev–Trinajstić information content (AvgIpc) is 2.51. The molecule has 1 rings (SSSR count). The van der Waals surface area contributed by atoms with Crippen LogP contribution in [-0.2, 0) is 15.7 Å². The molecule has 0 fully saturated rings. The maximum Gasteiger partial charge on any atom is 0.434 e. The summed E-state index contributed by atoms with van der Waals surface area (Å²) in [6.07, 6.45) is -2.23. The van der Waals surface area contributed by atoms with Crippen LogP contribution in [0.25, 0.3) is 6.08 Å². The van der Waals surface area contributed by atoms with Crippen LogP contribution in [0.5, 0.6) is 0 Å². The van der Waals surface area contributed by atoms with Gasteiger partial charge in [0.05, 0.1) is 30.0 Å². The zero-order valence-electron chi connectivity index (χ0n) is 14.3. The van der Waals surface area contributed by atoms with E-state index in [1.165, 1.54) is 19.2 Å². The first-order chi connectivity index (χ1) is 11.6. The zero-order chi connectivity index (χ0) is 19.2. The fraction of sp³-hybridized carbons (Fsp3) is 0.438. The van der Waals surface area contributed by atoms with Crippen molar-refractivity contribution >= 4 is 18.0 Å². The molecule has 0 N–H and O–H groups in total. The van der Waals surface area contributed by atoms with Gasteiger partial charge in [-0.3, -0.25) is 0 Å². The van der Waals surface area contributed by atoms with E-state index in [4.69, 9.17) is 4.74 Å². The number of aromatic nitrogens is 1. The molecule has 0 saturated heterocycles. The Hall–Kier alpha value is -2.58. The Morgan fingerprint density at radius 3 is 2.08 bits per heavy atom. The van der Waals surface area contributed by atoms with E-state index in [2.05, 4.69) is 9.72 Å². The van der Waals surface area contributed by atoms with Gasteiger partial charge in [-0.1, -0.05) is 0 Å². The molecule has 0 saturated carbocycles. The molecule has 0 amide bonds. The Labute approximate surface area is 143 Å². The third-order valence-corrected chi connectivity index (χ3v) is 2.84. The van der Waals surface area contributed by atoms with Crippen LogP contribution < -0.4 is 0 Å². The molecule has 0 spiro atoms. The van der Waals surface area contributed by atoms with Crippen LogP contribution in [0, 0.1) is 0 Å². The van der Waals surface area contributed by atoms with Crippen LogP contribution in [0.3, 0.4) is 0 Å². The van der Waals surface area contributed by atoms with E-state index in [1.807, 2.05) is 0 Å². The number of alkyl halides is 3. The van der Waals surface area contributed by atoms with Gasteiger partial charge in [-0.05, 0) is 26.0 Å². The first-order valence-corrected chi connectivity index (χ1v) is 7.42. The standard InChI is InChI=1S/C16H19F3N2O4/c1-5-24-14(22)10-9-11(15(23)25-6-2)13(16(17,18)19)20-12(10)7-8-21(3)4/h7-9H,5-6H2,1-4H3/b8-7+. The third-order valence-electron chi connectivity index (χ3n) is 2.84. The molecule has 9 heteroatoms. The van der Waals surface area contributed by atoms with Crippen molar-refractivity contribution in [2.75, 3.05) is 27.3 Å². The van der Waals surface area contributed by atoms with Crippen molar-refractivity contribution in [1.82, 2.24) is 9.88 Å². The van der Waals surface area contributed by atoms with Crippen LogP contribution in [0.1, 0.15) is 46.0 Å². The van der Waals surface area contributed by atoms with Crippen LogP contribution in [0.4, 0.5) is 13.2 Å². The van der Waals surface area contributed by atoms with Crippen molar-refractivity contribution in [3.63, 3.8) is 0 Å². The first kappa shape index (κ1) is 20.5. The van der Waals surface area contributed by atoms with Crippen molar-refractivity contribution < 1.29 is 32.2 Å². The van der Waals surface area contributed by atoms with Gasteiger partial charge in [0.1, 0.15) is 0 Å². The lowest BCUT2D eigenvalue weighted by Gasteiger charge is -2.15. The minimum absolute atomic E-state index is 0.0193. The fourth-order valence-electron chi connectivity index (χ4n) is 1.83. The maximum atomic E-state index is 13.3. The Morgan fingerprint density at radius 2 is 1.64 bits per heavy atom. The number of carbonyl (C=O) groups is 2. The summed E-state index contributed by atoms with van der Waals surface area (Å²) in [6, 6.07) is 0.807. The van der Waals surface area contributed by atoms with E-state index in [1.54, 1.807) is 25.9 Å². The van der Waals surface area contributed by atoms with Gasteiger partial charge in [0, 0.05) is 20.3 Å². The highest BCUT2D eigenvalue weighted by Crippen LogP contribution is 2.32. The zero-order valence-corrected chi connectivity index (χ0v) is 14.3. The van der Waals surface area contributed by atoms with Gasteiger partial charge in [0.25, 0.3) is 0 Å². The molecule has 0 atom stereocenters. The largest absolute Gasteiger partial charge is 0.462 e. The molecular formula is C16H19F3N2O4. The smallest absolute Gasteiger partial charge is 0.434 e. The molecule has 1 aromatic rings. The summed E-state index contributed by atoms with van der Waals surface area (Å²) in [6.45, 7) is 2.91. The fourth-order valence-corrected chi connectivity index (χ4v) is 1.83. The molecule has 0 aliphatic rings. The van der Waals surface area contributed by atoms with Crippen LogP contribution in [-0.4, -0.2) is 49.1 Å². The molecule has 138 valence electrons. The molecule has 0 radical (unpaired) electrons. The number of halogens is 3. The van der Waals surface area contributed by atoms with Crippen molar-refractivity contribution in [3.8, 4) is 0 Å². The number of rotatable bonds is 6. The van der Waals surface area contributed by atoms with Crippen molar-refractivity contribution in [3.05, 3.63) is 34.8 Å². The summed E-state index contributed by atoms with van der Waals surface area (Å²) >= 11 is 0. The first-order valence-electron chi connectivity index (χ1n) is 7.42. The molecule has 1 aromatic heterocycles. The quantitative estimate of drug-likeness (QED) is 0.727. The lowest BCUT2D eigenvalue weighted by atomic mass is 10.1. The number of hydrogen-bond acceptors (Lipinski definition) is 6. The number of hydrogen-bond donors (Lipinski definition) is 0. The van der Waals surface area contributed by atoms with Crippen LogP contribution >= 0.6 is 0 Å². The molecule has 0 aliphatic heterocycles. The Morgan fingerprint density at radius 1 is 1.12 bits per heavy atom. The Kier molecular flexibility index (Phi) is 6.96. The van der Waals surface area contributed by atoms with Crippen LogP contribution in [0.15, 0.2) is 12.3 Å². The molecule has 0 bridgehead atoms. The molecule has 6 nitrogen and oxygen atoms in total. The molecule has 1 heterocycles. The van der Waals surface area contributed by atoms with Gasteiger partial charge in [-0.2, -0.15) is 13.2 Å². The van der Waals surface area contributed by atoms with Gasteiger partial charge in [-0.25, -0.2) is 14.6 Å². The summed E-state index contributed by atoms with van der Waals surface area (Å²) in [7, 11) is 3.30. The minimum atomic E-state index is -4.89.